The molecule has 25 heavy (non-hydrogen) atoms. The van der Waals surface area contributed by atoms with E-state index >= 15 is 0 Å². The summed E-state index contributed by atoms with van der Waals surface area (Å²) in [7, 11) is -2.36. The summed E-state index contributed by atoms with van der Waals surface area (Å²) in [5.41, 5.74) is 2.42. The molecule has 2 rings (SSSR count). The number of sulfone groups is 1. The Morgan fingerprint density at radius 3 is 2.16 bits per heavy atom. The number of benzene rings is 2. The predicted octanol–water partition coefficient (Wildman–Crippen LogP) is 2.34. The predicted molar refractivity (Wildman–Crippen MR) is 95.1 cm³/mol. The minimum Gasteiger partial charge on any atom is -0.465 e. The van der Waals surface area contributed by atoms with Crippen LogP contribution in [-0.2, 0) is 25.1 Å². The smallest absolute Gasteiger partial charge is 0.337 e. The van der Waals surface area contributed by atoms with Gasteiger partial charge < -0.3 is 10.1 Å². The van der Waals surface area contributed by atoms with E-state index in [1.54, 1.807) is 12.1 Å². The van der Waals surface area contributed by atoms with Crippen LogP contribution in [0.2, 0.25) is 0 Å². The Hall–Kier alpha value is -2.67. The Bertz CT molecular complexity index is 855. The van der Waals surface area contributed by atoms with E-state index < -0.39 is 27.5 Å². The SMILES string of the molecule is COC(=O)c1ccc(CS(=O)(=O)CC(=O)Nc2ccc(C)cc2)cc1. The first-order chi connectivity index (χ1) is 11.8. The Labute approximate surface area is 146 Å². The molecule has 0 saturated carbocycles. The molecule has 0 aliphatic carbocycles. The summed E-state index contributed by atoms with van der Waals surface area (Å²) in [6.45, 7) is 1.92. The molecule has 0 saturated heterocycles. The number of nitrogens with one attached hydrogen (secondary N) is 1. The van der Waals surface area contributed by atoms with Crippen LogP contribution in [0.15, 0.2) is 48.5 Å². The van der Waals surface area contributed by atoms with Crippen molar-refractivity contribution in [3.05, 3.63) is 65.2 Å². The van der Waals surface area contributed by atoms with E-state index in [9.17, 15) is 18.0 Å². The zero-order valence-corrected chi connectivity index (χ0v) is 14.8. The second-order valence-corrected chi connectivity index (χ2v) is 7.70. The molecule has 1 N–H and O–H groups in total. The summed E-state index contributed by atoms with van der Waals surface area (Å²) < 4.78 is 28.9. The molecule has 2 aromatic rings. The summed E-state index contributed by atoms with van der Waals surface area (Å²) in [6, 6.07) is 13.1. The van der Waals surface area contributed by atoms with Gasteiger partial charge in [0.1, 0.15) is 5.75 Å². The van der Waals surface area contributed by atoms with Gasteiger partial charge in [-0.05, 0) is 36.8 Å². The molecule has 0 radical (unpaired) electrons. The van der Waals surface area contributed by atoms with Gasteiger partial charge in [-0.15, -0.1) is 0 Å². The fraction of sp³-hybridized carbons (Fsp3) is 0.222. The molecule has 0 aromatic heterocycles. The Balaban J connectivity index is 1.97. The molecule has 0 bridgehead atoms. The Morgan fingerprint density at radius 2 is 1.60 bits per heavy atom. The van der Waals surface area contributed by atoms with Gasteiger partial charge in [-0.3, -0.25) is 4.79 Å². The minimum atomic E-state index is -3.63. The zero-order valence-electron chi connectivity index (χ0n) is 14.0. The lowest BCUT2D eigenvalue weighted by Gasteiger charge is -2.07. The first-order valence-electron chi connectivity index (χ1n) is 7.53. The minimum absolute atomic E-state index is 0.282. The topological polar surface area (TPSA) is 89.5 Å². The third-order valence-electron chi connectivity index (χ3n) is 3.45. The second-order valence-electron chi connectivity index (χ2n) is 5.63. The number of ether oxygens (including phenoxy) is 1. The first-order valence-corrected chi connectivity index (χ1v) is 9.35. The highest BCUT2D eigenvalue weighted by molar-refractivity contribution is 7.91. The third kappa shape index (κ3) is 5.72. The average molecular weight is 361 g/mol. The molecular formula is C18H19NO5S. The lowest BCUT2D eigenvalue weighted by atomic mass is 10.1. The number of esters is 1. The van der Waals surface area contributed by atoms with Crippen LogP contribution in [0.25, 0.3) is 0 Å². The highest BCUT2D eigenvalue weighted by atomic mass is 32.2. The number of carbonyl (C=O) groups is 2. The van der Waals surface area contributed by atoms with Crippen molar-refractivity contribution in [1.82, 2.24) is 0 Å². The molecule has 7 heteroatoms. The normalized spacial score (nSPS) is 11.0. The standard InChI is InChI=1S/C18H19NO5S/c1-13-3-9-16(10-4-13)19-17(20)12-25(22,23)11-14-5-7-15(8-6-14)18(21)24-2/h3-10H,11-12H2,1-2H3,(H,19,20). The van der Waals surface area contributed by atoms with Gasteiger partial charge in [0.05, 0.1) is 18.4 Å². The van der Waals surface area contributed by atoms with Crippen molar-refractivity contribution < 1.29 is 22.7 Å². The number of rotatable bonds is 6. The monoisotopic (exact) mass is 361 g/mol. The number of amides is 1. The lowest BCUT2D eigenvalue weighted by molar-refractivity contribution is -0.113. The lowest BCUT2D eigenvalue weighted by Crippen LogP contribution is -2.24. The van der Waals surface area contributed by atoms with E-state index in [1.165, 1.54) is 31.4 Å². The van der Waals surface area contributed by atoms with Gasteiger partial charge in [-0.2, -0.15) is 0 Å². The van der Waals surface area contributed by atoms with Crippen molar-refractivity contribution in [3.63, 3.8) is 0 Å². The van der Waals surface area contributed by atoms with Crippen LogP contribution in [0.3, 0.4) is 0 Å². The molecule has 1 amide bonds. The van der Waals surface area contributed by atoms with E-state index in [4.69, 9.17) is 0 Å². The summed E-state index contributed by atoms with van der Waals surface area (Å²) in [6.07, 6.45) is 0. The van der Waals surface area contributed by atoms with Crippen LogP contribution in [0, 0.1) is 6.92 Å². The van der Waals surface area contributed by atoms with Crippen LogP contribution >= 0.6 is 0 Å². The van der Waals surface area contributed by atoms with E-state index in [0.717, 1.165) is 5.56 Å². The van der Waals surface area contributed by atoms with Gasteiger partial charge in [0.25, 0.3) is 0 Å². The molecule has 0 aliphatic rings. The molecule has 0 unspecified atom stereocenters. The van der Waals surface area contributed by atoms with Crippen LogP contribution in [-0.4, -0.2) is 33.2 Å². The summed E-state index contributed by atoms with van der Waals surface area (Å²) in [5.74, 6) is -1.98. The Morgan fingerprint density at radius 1 is 1.00 bits per heavy atom. The number of hydrogen-bond acceptors (Lipinski definition) is 5. The average Bonchev–Trinajstić information content (AvgIpc) is 2.56. The van der Waals surface area contributed by atoms with Gasteiger partial charge in [-0.25, -0.2) is 13.2 Å². The molecule has 0 spiro atoms. The molecule has 6 nitrogen and oxygen atoms in total. The summed E-state index contributed by atoms with van der Waals surface area (Å²) >= 11 is 0. The highest BCUT2D eigenvalue weighted by Gasteiger charge is 2.18. The number of methoxy groups -OCH3 is 1. The number of aryl methyl sites for hydroxylation is 1. The van der Waals surface area contributed by atoms with E-state index in [-0.39, 0.29) is 5.75 Å². The maximum Gasteiger partial charge on any atom is 0.337 e. The van der Waals surface area contributed by atoms with Gasteiger partial charge >= 0.3 is 5.97 Å². The quantitative estimate of drug-likeness (QED) is 0.798. The molecule has 0 atom stereocenters. The highest BCUT2D eigenvalue weighted by Crippen LogP contribution is 2.12. The van der Waals surface area contributed by atoms with Crippen LogP contribution in [0.5, 0.6) is 0 Å². The zero-order chi connectivity index (χ0) is 18.4. The molecule has 2 aromatic carbocycles. The van der Waals surface area contributed by atoms with E-state index in [2.05, 4.69) is 10.1 Å². The van der Waals surface area contributed by atoms with E-state index in [0.29, 0.717) is 16.8 Å². The van der Waals surface area contributed by atoms with Gasteiger partial charge in [0.2, 0.25) is 5.91 Å². The van der Waals surface area contributed by atoms with Gasteiger partial charge in [-0.1, -0.05) is 29.8 Å². The van der Waals surface area contributed by atoms with Crippen molar-refractivity contribution in [2.24, 2.45) is 0 Å². The first kappa shape index (κ1) is 18.7. The molecule has 0 heterocycles. The van der Waals surface area contributed by atoms with Crippen LogP contribution in [0.4, 0.5) is 5.69 Å². The Kier molecular flexibility index (Phi) is 5.93. The number of carbonyl (C=O) groups excluding carboxylic acids is 2. The summed E-state index contributed by atoms with van der Waals surface area (Å²) in [5, 5.41) is 2.56. The molecule has 132 valence electrons. The molecule has 0 fully saturated rings. The molecule has 0 aliphatic heterocycles. The maximum absolute atomic E-state index is 12.2. The summed E-state index contributed by atoms with van der Waals surface area (Å²) in [4.78, 5) is 23.3. The van der Waals surface area contributed by atoms with Crippen molar-refractivity contribution in [1.29, 1.82) is 0 Å². The van der Waals surface area contributed by atoms with E-state index in [1.807, 2.05) is 19.1 Å². The largest absolute Gasteiger partial charge is 0.465 e. The van der Waals surface area contributed by atoms with Crippen molar-refractivity contribution in [2.45, 2.75) is 12.7 Å². The van der Waals surface area contributed by atoms with Gasteiger partial charge in [0, 0.05) is 5.69 Å². The maximum atomic E-state index is 12.2. The third-order valence-corrected chi connectivity index (χ3v) is 4.92. The second kappa shape index (κ2) is 7.94. The van der Waals surface area contributed by atoms with Crippen molar-refractivity contribution >= 4 is 27.4 Å². The number of hydrogen-bond donors (Lipinski definition) is 1. The van der Waals surface area contributed by atoms with Gasteiger partial charge in [0.15, 0.2) is 9.84 Å². The van der Waals surface area contributed by atoms with Crippen LogP contribution in [0.1, 0.15) is 21.5 Å². The van der Waals surface area contributed by atoms with Crippen LogP contribution < -0.4 is 5.32 Å². The van der Waals surface area contributed by atoms with Crippen molar-refractivity contribution in [3.8, 4) is 0 Å². The fourth-order valence-electron chi connectivity index (χ4n) is 2.19. The fourth-order valence-corrected chi connectivity index (χ4v) is 3.47. The number of anilines is 1. The van der Waals surface area contributed by atoms with Crippen molar-refractivity contribution in [2.75, 3.05) is 18.2 Å². The molecular weight excluding hydrogens is 342 g/mol.